The number of ether oxygens (including phenoxy) is 2. The normalized spacial score (nSPS) is 14.9. The van der Waals surface area contributed by atoms with E-state index in [1.807, 2.05) is 18.2 Å². The van der Waals surface area contributed by atoms with Crippen molar-refractivity contribution in [1.29, 1.82) is 0 Å². The molecule has 0 saturated heterocycles. The van der Waals surface area contributed by atoms with Crippen molar-refractivity contribution in [2.75, 3.05) is 39.6 Å². The summed E-state index contributed by atoms with van der Waals surface area (Å²) in [7, 11) is 3.77. The minimum atomic E-state index is 0.772. The summed E-state index contributed by atoms with van der Waals surface area (Å²) in [5.41, 5.74) is 7.71. The molecule has 2 N–H and O–H groups in total. The fraction of sp³-hybridized carbons (Fsp3) is 0.600. The van der Waals surface area contributed by atoms with Gasteiger partial charge in [0.05, 0.1) is 13.7 Å². The second-order valence-corrected chi connectivity index (χ2v) is 5.33. The number of methoxy groups -OCH3 is 1. The number of rotatable bonds is 8. The summed E-state index contributed by atoms with van der Waals surface area (Å²) >= 11 is 0. The van der Waals surface area contributed by atoms with Gasteiger partial charge in [0, 0.05) is 30.9 Å². The highest BCUT2D eigenvalue weighted by Crippen LogP contribution is 2.28. The highest BCUT2D eigenvalue weighted by Gasteiger charge is 2.20. The summed E-state index contributed by atoms with van der Waals surface area (Å²) in [6.07, 6.45) is 2.69. The van der Waals surface area contributed by atoms with E-state index in [9.17, 15) is 0 Å². The SMILES string of the molecule is COc1ccc(N)cc1CN(C)CCOCC1CC1. The first-order chi connectivity index (χ1) is 9.19. The fourth-order valence-electron chi connectivity index (χ4n) is 2.05. The molecule has 0 aromatic heterocycles. The van der Waals surface area contributed by atoms with Gasteiger partial charge in [0.25, 0.3) is 0 Å². The lowest BCUT2D eigenvalue weighted by atomic mass is 10.1. The molecule has 0 bridgehead atoms. The van der Waals surface area contributed by atoms with Crippen LogP contribution in [0.15, 0.2) is 18.2 Å². The molecule has 1 aliphatic carbocycles. The monoisotopic (exact) mass is 264 g/mol. The number of hydrogen-bond donors (Lipinski definition) is 1. The number of likely N-dealkylation sites (N-methyl/N-ethyl adjacent to an activating group) is 1. The fourth-order valence-corrected chi connectivity index (χ4v) is 2.05. The maximum atomic E-state index is 5.82. The Morgan fingerprint density at radius 3 is 2.84 bits per heavy atom. The van der Waals surface area contributed by atoms with E-state index in [-0.39, 0.29) is 0 Å². The Bertz CT molecular complexity index is 405. The van der Waals surface area contributed by atoms with Gasteiger partial charge in [0.15, 0.2) is 0 Å². The van der Waals surface area contributed by atoms with Gasteiger partial charge >= 0.3 is 0 Å². The van der Waals surface area contributed by atoms with Crippen LogP contribution in [-0.2, 0) is 11.3 Å². The van der Waals surface area contributed by atoms with E-state index in [4.69, 9.17) is 15.2 Å². The Labute approximate surface area is 115 Å². The van der Waals surface area contributed by atoms with E-state index in [1.54, 1.807) is 7.11 Å². The van der Waals surface area contributed by atoms with Gasteiger partial charge in [-0.25, -0.2) is 0 Å². The lowest BCUT2D eigenvalue weighted by molar-refractivity contribution is 0.102. The van der Waals surface area contributed by atoms with E-state index in [2.05, 4.69) is 11.9 Å². The molecule has 1 aromatic carbocycles. The molecule has 4 nitrogen and oxygen atoms in total. The van der Waals surface area contributed by atoms with Gasteiger partial charge < -0.3 is 15.2 Å². The molecule has 1 saturated carbocycles. The molecular weight excluding hydrogens is 240 g/mol. The number of nitrogens with two attached hydrogens (primary N) is 1. The van der Waals surface area contributed by atoms with Gasteiger partial charge in [-0.05, 0) is 44.0 Å². The van der Waals surface area contributed by atoms with Gasteiger partial charge in [-0.1, -0.05) is 0 Å². The van der Waals surface area contributed by atoms with E-state index < -0.39 is 0 Å². The third-order valence-corrected chi connectivity index (χ3v) is 3.41. The van der Waals surface area contributed by atoms with Gasteiger partial charge in [0.1, 0.15) is 5.75 Å². The average molecular weight is 264 g/mol. The topological polar surface area (TPSA) is 47.7 Å². The maximum absolute atomic E-state index is 5.82. The standard InChI is InChI=1S/C15H24N2O2/c1-17(7-8-19-11-12-3-4-12)10-13-9-14(16)5-6-15(13)18-2/h5-6,9,12H,3-4,7-8,10-11,16H2,1-2H3. The van der Waals surface area contributed by atoms with E-state index >= 15 is 0 Å². The third-order valence-electron chi connectivity index (χ3n) is 3.41. The summed E-state index contributed by atoms with van der Waals surface area (Å²) < 4.78 is 11.0. The molecule has 2 rings (SSSR count). The molecule has 1 aliphatic rings. The van der Waals surface area contributed by atoms with E-state index in [0.29, 0.717) is 0 Å². The van der Waals surface area contributed by atoms with Gasteiger partial charge in [-0.3, -0.25) is 4.90 Å². The van der Waals surface area contributed by atoms with Crippen molar-refractivity contribution in [3.63, 3.8) is 0 Å². The van der Waals surface area contributed by atoms with Crippen molar-refractivity contribution >= 4 is 5.69 Å². The third kappa shape index (κ3) is 4.73. The van der Waals surface area contributed by atoms with Crippen molar-refractivity contribution in [1.82, 2.24) is 4.90 Å². The van der Waals surface area contributed by atoms with Crippen LogP contribution in [0.1, 0.15) is 18.4 Å². The molecule has 1 fully saturated rings. The molecule has 0 unspecified atom stereocenters. The molecular formula is C15H24N2O2. The minimum absolute atomic E-state index is 0.772. The zero-order valence-corrected chi connectivity index (χ0v) is 11.9. The molecule has 0 atom stereocenters. The molecule has 106 valence electrons. The Hall–Kier alpha value is -1.26. The number of hydrogen-bond acceptors (Lipinski definition) is 4. The second kappa shape index (κ2) is 6.78. The molecule has 19 heavy (non-hydrogen) atoms. The number of benzene rings is 1. The average Bonchev–Trinajstić information content (AvgIpc) is 3.19. The van der Waals surface area contributed by atoms with Crippen molar-refractivity contribution < 1.29 is 9.47 Å². The summed E-state index contributed by atoms with van der Waals surface area (Å²) in [5.74, 6) is 1.72. The van der Waals surface area contributed by atoms with Crippen molar-refractivity contribution in [2.24, 2.45) is 5.92 Å². The second-order valence-electron chi connectivity index (χ2n) is 5.33. The Balaban J connectivity index is 1.76. The van der Waals surface area contributed by atoms with Crippen molar-refractivity contribution in [3.8, 4) is 5.75 Å². The first-order valence-corrected chi connectivity index (χ1v) is 6.87. The van der Waals surface area contributed by atoms with Gasteiger partial charge in [-0.2, -0.15) is 0 Å². The lowest BCUT2D eigenvalue weighted by Crippen LogP contribution is -2.23. The van der Waals surface area contributed by atoms with Crippen LogP contribution >= 0.6 is 0 Å². The summed E-state index contributed by atoms with van der Waals surface area (Å²) in [4.78, 5) is 2.23. The van der Waals surface area contributed by atoms with Crippen LogP contribution in [0, 0.1) is 5.92 Å². The molecule has 0 spiro atoms. The van der Waals surface area contributed by atoms with E-state index in [1.165, 1.54) is 12.8 Å². The first-order valence-electron chi connectivity index (χ1n) is 6.87. The quantitative estimate of drug-likeness (QED) is 0.577. The lowest BCUT2D eigenvalue weighted by Gasteiger charge is -2.18. The number of anilines is 1. The van der Waals surface area contributed by atoms with Crippen molar-refractivity contribution in [2.45, 2.75) is 19.4 Å². The number of nitrogen functional groups attached to an aromatic ring is 1. The molecule has 0 heterocycles. The summed E-state index contributed by atoms with van der Waals surface area (Å²) in [6.45, 7) is 3.46. The zero-order valence-electron chi connectivity index (χ0n) is 11.9. The smallest absolute Gasteiger partial charge is 0.123 e. The van der Waals surface area contributed by atoms with Gasteiger partial charge in [0.2, 0.25) is 0 Å². The van der Waals surface area contributed by atoms with Crippen LogP contribution in [0.25, 0.3) is 0 Å². The van der Waals surface area contributed by atoms with Crippen LogP contribution in [-0.4, -0.2) is 38.8 Å². The van der Waals surface area contributed by atoms with Crippen LogP contribution < -0.4 is 10.5 Å². The largest absolute Gasteiger partial charge is 0.496 e. The zero-order chi connectivity index (χ0) is 13.7. The first kappa shape index (κ1) is 14.2. The van der Waals surface area contributed by atoms with Crippen LogP contribution in [0.5, 0.6) is 5.75 Å². The Kier molecular flexibility index (Phi) is 5.05. The minimum Gasteiger partial charge on any atom is -0.496 e. The summed E-state index contributed by atoms with van der Waals surface area (Å²) in [5, 5.41) is 0. The Morgan fingerprint density at radius 2 is 2.16 bits per heavy atom. The highest BCUT2D eigenvalue weighted by molar-refractivity contribution is 5.47. The van der Waals surface area contributed by atoms with E-state index in [0.717, 1.165) is 49.2 Å². The van der Waals surface area contributed by atoms with Crippen LogP contribution in [0.4, 0.5) is 5.69 Å². The summed E-state index contributed by atoms with van der Waals surface area (Å²) in [6, 6.07) is 5.75. The molecule has 0 aliphatic heterocycles. The van der Waals surface area contributed by atoms with Crippen molar-refractivity contribution in [3.05, 3.63) is 23.8 Å². The van der Waals surface area contributed by atoms with Gasteiger partial charge in [-0.15, -0.1) is 0 Å². The molecule has 4 heteroatoms. The predicted octanol–water partition coefficient (Wildman–Crippen LogP) is 2.14. The number of nitrogens with zero attached hydrogens (tertiary/aromatic N) is 1. The highest BCUT2D eigenvalue weighted by atomic mass is 16.5. The maximum Gasteiger partial charge on any atom is 0.123 e. The molecule has 1 aromatic rings. The predicted molar refractivity (Wildman–Crippen MR) is 77.3 cm³/mol. The Morgan fingerprint density at radius 1 is 1.37 bits per heavy atom. The van der Waals surface area contributed by atoms with Crippen LogP contribution in [0.3, 0.4) is 0 Å². The van der Waals surface area contributed by atoms with Crippen LogP contribution in [0.2, 0.25) is 0 Å². The molecule has 0 radical (unpaired) electrons. The molecule has 0 amide bonds.